The smallest absolute Gasteiger partial charge is 0.0767 e. The molecule has 0 bridgehead atoms. The van der Waals surface area contributed by atoms with Gasteiger partial charge in [0.05, 0.1) is 16.4 Å². The van der Waals surface area contributed by atoms with Crippen LogP contribution in [0.1, 0.15) is 20.3 Å². The van der Waals surface area contributed by atoms with Gasteiger partial charge in [-0.15, -0.1) is 0 Å². The minimum atomic E-state index is -0.228. The van der Waals surface area contributed by atoms with Crippen LogP contribution in [0.4, 0.5) is 11.4 Å². The molecule has 0 spiro atoms. The predicted molar refractivity (Wildman–Crippen MR) is 65.3 cm³/mol. The second-order valence-electron chi connectivity index (χ2n) is 4.19. The Morgan fingerprint density at radius 1 is 1.47 bits per heavy atom. The van der Waals surface area contributed by atoms with Crippen molar-refractivity contribution in [2.75, 3.05) is 17.7 Å². The zero-order valence-electron chi connectivity index (χ0n) is 9.05. The first kappa shape index (κ1) is 12.1. The fraction of sp³-hybridized carbons (Fsp3) is 0.455. The number of aliphatic hydroxyl groups excluding tert-OH is 1. The molecule has 0 aliphatic heterocycles. The van der Waals surface area contributed by atoms with E-state index >= 15 is 0 Å². The Morgan fingerprint density at radius 3 is 2.67 bits per heavy atom. The molecule has 0 amide bonds. The normalized spacial score (nSPS) is 11.5. The third-order valence-electron chi connectivity index (χ3n) is 2.25. The van der Waals surface area contributed by atoms with Crippen molar-refractivity contribution in [3.63, 3.8) is 0 Å². The highest BCUT2D eigenvalue weighted by Gasteiger charge is 2.18. The lowest BCUT2D eigenvalue weighted by atomic mass is 10.0. The van der Waals surface area contributed by atoms with Crippen molar-refractivity contribution in [2.45, 2.75) is 25.8 Å². The Kier molecular flexibility index (Phi) is 3.83. The molecular weight excluding hydrogens is 212 g/mol. The maximum Gasteiger partial charge on any atom is 0.0767 e. The number of nitrogens with two attached hydrogens (primary N) is 1. The highest BCUT2D eigenvalue weighted by Crippen LogP contribution is 2.31. The topological polar surface area (TPSA) is 58.3 Å². The van der Waals surface area contributed by atoms with Crippen LogP contribution in [-0.2, 0) is 0 Å². The zero-order valence-corrected chi connectivity index (χ0v) is 9.80. The van der Waals surface area contributed by atoms with Gasteiger partial charge in [-0.2, -0.15) is 0 Å². The summed E-state index contributed by atoms with van der Waals surface area (Å²) in [7, 11) is 0. The highest BCUT2D eigenvalue weighted by molar-refractivity contribution is 6.33. The summed E-state index contributed by atoms with van der Waals surface area (Å²) in [6.45, 7) is 4.11. The summed E-state index contributed by atoms with van der Waals surface area (Å²) in [4.78, 5) is 0. The molecule has 0 aliphatic carbocycles. The van der Waals surface area contributed by atoms with Crippen LogP contribution in [-0.4, -0.2) is 17.3 Å². The van der Waals surface area contributed by atoms with Crippen molar-refractivity contribution in [2.24, 2.45) is 0 Å². The zero-order chi connectivity index (χ0) is 11.5. The second kappa shape index (κ2) is 4.73. The van der Waals surface area contributed by atoms with E-state index in [2.05, 4.69) is 5.32 Å². The minimum Gasteiger partial charge on any atom is -0.397 e. The Balaban J connectivity index is 2.89. The Hall–Kier alpha value is -0.930. The molecule has 1 aromatic carbocycles. The van der Waals surface area contributed by atoms with E-state index in [9.17, 15) is 0 Å². The van der Waals surface area contributed by atoms with Gasteiger partial charge in [0.2, 0.25) is 0 Å². The van der Waals surface area contributed by atoms with Crippen molar-refractivity contribution >= 4 is 23.0 Å². The molecule has 0 aromatic heterocycles. The third kappa shape index (κ3) is 3.29. The van der Waals surface area contributed by atoms with Crippen molar-refractivity contribution in [1.29, 1.82) is 0 Å². The van der Waals surface area contributed by atoms with Crippen molar-refractivity contribution < 1.29 is 5.11 Å². The molecule has 3 nitrogen and oxygen atoms in total. The van der Waals surface area contributed by atoms with Gasteiger partial charge in [0.1, 0.15) is 0 Å². The number of hydrogen-bond donors (Lipinski definition) is 3. The van der Waals surface area contributed by atoms with Crippen LogP contribution in [0, 0.1) is 0 Å². The van der Waals surface area contributed by atoms with Crippen LogP contribution in [0.15, 0.2) is 18.2 Å². The van der Waals surface area contributed by atoms with Crippen LogP contribution in [0.2, 0.25) is 5.02 Å². The number of aliphatic hydroxyl groups is 1. The lowest BCUT2D eigenvalue weighted by molar-refractivity contribution is 0.261. The van der Waals surface area contributed by atoms with Crippen LogP contribution in [0.5, 0.6) is 0 Å². The quantitative estimate of drug-likeness (QED) is 0.694. The molecule has 0 unspecified atom stereocenters. The fourth-order valence-corrected chi connectivity index (χ4v) is 1.58. The van der Waals surface area contributed by atoms with Gasteiger partial charge in [-0.05, 0) is 32.4 Å². The average Bonchev–Trinajstić information content (AvgIpc) is 2.11. The number of anilines is 2. The monoisotopic (exact) mass is 228 g/mol. The summed E-state index contributed by atoms with van der Waals surface area (Å²) >= 11 is 6.03. The first-order valence-corrected chi connectivity index (χ1v) is 5.27. The lowest BCUT2D eigenvalue weighted by Gasteiger charge is -2.28. The van der Waals surface area contributed by atoms with Crippen LogP contribution >= 0.6 is 11.6 Å². The van der Waals surface area contributed by atoms with Gasteiger partial charge in [0.25, 0.3) is 0 Å². The molecule has 4 heteroatoms. The number of hydrogen-bond acceptors (Lipinski definition) is 3. The molecule has 84 valence electrons. The van der Waals surface area contributed by atoms with E-state index in [1.54, 1.807) is 12.1 Å². The molecule has 0 saturated carbocycles. The summed E-state index contributed by atoms with van der Waals surface area (Å²) in [6, 6.07) is 5.39. The number of benzene rings is 1. The van der Waals surface area contributed by atoms with Crippen LogP contribution < -0.4 is 11.1 Å². The molecular formula is C11H17ClN2O. The molecule has 0 atom stereocenters. The number of para-hydroxylation sites is 1. The minimum absolute atomic E-state index is 0.129. The van der Waals surface area contributed by atoms with E-state index in [4.69, 9.17) is 22.4 Å². The van der Waals surface area contributed by atoms with E-state index in [1.807, 2.05) is 19.9 Å². The highest BCUT2D eigenvalue weighted by atomic mass is 35.5. The lowest BCUT2D eigenvalue weighted by Crippen LogP contribution is -2.32. The molecule has 4 N–H and O–H groups in total. The van der Waals surface area contributed by atoms with Gasteiger partial charge in [0.15, 0.2) is 0 Å². The number of halogens is 1. The Bertz CT molecular complexity index is 319. The van der Waals surface area contributed by atoms with E-state index in [-0.39, 0.29) is 12.1 Å². The molecule has 1 aromatic rings. The van der Waals surface area contributed by atoms with Gasteiger partial charge in [-0.1, -0.05) is 17.7 Å². The van der Waals surface area contributed by atoms with E-state index < -0.39 is 0 Å². The number of nitrogens with one attached hydrogen (secondary N) is 1. The summed E-state index contributed by atoms with van der Waals surface area (Å²) in [5.41, 5.74) is 6.94. The Labute approximate surface area is 95.2 Å². The van der Waals surface area contributed by atoms with Crippen molar-refractivity contribution in [1.82, 2.24) is 0 Å². The van der Waals surface area contributed by atoms with Gasteiger partial charge >= 0.3 is 0 Å². The molecule has 0 radical (unpaired) electrons. The summed E-state index contributed by atoms with van der Waals surface area (Å²) in [5.74, 6) is 0. The SMILES string of the molecule is CC(C)(CCO)Nc1c(N)cccc1Cl. The summed E-state index contributed by atoms with van der Waals surface area (Å²) in [6.07, 6.45) is 0.637. The van der Waals surface area contributed by atoms with E-state index in [0.29, 0.717) is 17.1 Å². The van der Waals surface area contributed by atoms with Gasteiger partial charge in [-0.25, -0.2) is 0 Å². The van der Waals surface area contributed by atoms with E-state index in [0.717, 1.165) is 5.69 Å². The summed E-state index contributed by atoms with van der Waals surface area (Å²) in [5, 5.41) is 12.8. The second-order valence-corrected chi connectivity index (χ2v) is 4.59. The van der Waals surface area contributed by atoms with Crippen LogP contribution in [0.3, 0.4) is 0 Å². The maximum absolute atomic E-state index is 8.91. The third-order valence-corrected chi connectivity index (χ3v) is 2.56. The predicted octanol–water partition coefficient (Wildman–Crippen LogP) is 2.50. The van der Waals surface area contributed by atoms with E-state index in [1.165, 1.54) is 0 Å². The van der Waals surface area contributed by atoms with Crippen LogP contribution in [0.25, 0.3) is 0 Å². The van der Waals surface area contributed by atoms with Gasteiger partial charge < -0.3 is 16.2 Å². The molecule has 0 heterocycles. The molecule has 1 rings (SSSR count). The molecule has 0 aliphatic rings. The van der Waals surface area contributed by atoms with Gasteiger partial charge in [0, 0.05) is 12.1 Å². The molecule has 0 fully saturated rings. The van der Waals surface area contributed by atoms with Crippen molar-refractivity contribution in [3.05, 3.63) is 23.2 Å². The molecule has 15 heavy (non-hydrogen) atoms. The fourth-order valence-electron chi connectivity index (χ4n) is 1.35. The first-order chi connectivity index (χ1) is 6.96. The number of rotatable bonds is 4. The van der Waals surface area contributed by atoms with Crippen molar-refractivity contribution in [3.8, 4) is 0 Å². The van der Waals surface area contributed by atoms with Gasteiger partial charge in [-0.3, -0.25) is 0 Å². The first-order valence-electron chi connectivity index (χ1n) is 4.89. The average molecular weight is 229 g/mol. The Morgan fingerprint density at radius 2 is 2.13 bits per heavy atom. The standard InChI is InChI=1S/C11H17ClN2O/c1-11(2,6-7-15)14-10-8(12)4-3-5-9(10)13/h3-5,14-15H,6-7,13H2,1-2H3. The molecule has 0 saturated heterocycles. The maximum atomic E-state index is 8.91. The largest absolute Gasteiger partial charge is 0.397 e. The number of nitrogen functional groups attached to an aromatic ring is 1. The summed E-state index contributed by atoms with van der Waals surface area (Å²) < 4.78 is 0.